The molecule has 25 heavy (non-hydrogen) atoms. The molecule has 0 bridgehead atoms. The van der Waals surface area contributed by atoms with E-state index in [1.165, 1.54) is 16.7 Å². The lowest BCUT2D eigenvalue weighted by Gasteiger charge is -2.08. The van der Waals surface area contributed by atoms with Gasteiger partial charge in [-0.25, -0.2) is 0 Å². The van der Waals surface area contributed by atoms with Crippen LogP contribution in [0.25, 0.3) is 0 Å². The molecule has 0 saturated heterocycles. The van der Waals surface area contributed by atoms with E-state index in [0.29, 0.717) is 17.7 Å². The van der Waals surface area contributed by atoms with Crippen LogP contribution >= 0.6 is 11.8 Å². The molecule has 0 radical (unpaired) electrons. The average molecular weight is 356 g/mol. The van der Waals surface area contributed by atoms with Gasteiger partial charge in [-0.1, -0.05) is 25.1 Å². The maximum absolute atomic E-state index is 12.0. The van der Waals surface area contributed by atoms with Crippen molar-refractivity contribution in [3.05, 3.63) is 64.7 Å². The Bertz CT molecular complexity index is 742. The van der Waals surface area contributed by atoms with E-state index in [0.717, 1.165) is 11.3 Å². The average Bonchev–Trinajstić information content (AvgIpc) is 2.62. The molecule has 0 aliphatic rings. The molecule has 5 heteroatoms. The minimum atomic E-state index is -0.308. The van der Waals surface area contributed by atoms with Crippen molar-refractivity contribution in [3.8, 4) is 0 Å². The van der Waals surface area contributed by atoms with Gasteiger partial charge in [0.2, 0.25) is 5.91 Å². The third-order valence-electron chi connectivity index (χ3n) is 4.02. The Morgan fingerprint density at radius 2 is 1.68 bits per heavy atom. The van der Waals surface area contributed by atoms with E-state index >= 15 is 0 Å². The number of rotatable bonds is 6. The number of carbonyl (C=O) groups is 2. The van der Waals surface area contributed by atoms with Gasteiger partial charge in [0.1, 0.15) is 0 Å². The topological polar surface area (TPSA) is 58.2 Å². The first-order chi connectivity index (χ1) is 12.0. The van der Waals surface area contributed by atoms with Crippen LogP contribution in [-0.2, 0) is 11.2 Å². The Hall–Kier alpha value is -2.27. The van der Waals surface area contributed by atoms with E-state index in [1.807, 2.05) is 12.1 Å². The van der Waals surface area contributed by atoms with Gasteiger partial charge in [0.05, 0.1) is 0 Å². The Morgan fingerprint density at radius 1 is 0.960 bits per heavy atom. The van der Waals surface area contributed by atoms with Gasteiger partial charge < -0.3 is 0 Å². The van der Waals surface area contributed by atoms with Crippen molar-refractivity contribution in [2.75, 3.05) is 5.75 Å². The van der Waals surface area contributed by atoms with Gasteiger partial charge in [0.25, 0.3) is 5.91 Å². The lowest BCUT2D eigenvalue weighted by atomic mass is 10.1. The van der Waals surface area contributed by atoms with Gasteiger partial charge in [-0.3, -0.25) is 20.4 Å². The SMILES string of the molecule is CCc1ccc(C(=O)NNC(=O)CCSc2ccc(C)c(C)c2)cc1. The van der Waals surface area contributed by atoms with Gasteiger partial charge in [-0.2, -0.15) is 0 Å². The first-order valence-corrected chi connectivity index (χ1v) is 9.36. The fourth-order valence-corrected chi connectivity index (χ4v) is 3.17. The van der Waals surface area contributed by atoms with Crippen LogP contribution in [0.3, 0.4) is 0 Å². The van der Waals surface area contributed by atoms with Gasteiger partial charge in [-0.15, -0.1) is 11.8 Å². The van der Waals surface area contributed by atoms with E-state index in [9.17, 15) is 9.59 Å². The minimum Gasteiger partial charge on any atom is -0.273 e. The second kappa shape index (κ2) is 9.28. The summed E-state index contributed by atoms with van der Waals surface area (Å²) in [5, 5.41) is 0. The number of nitrogens with one attached hydrogen (secondary N) is 2. The molecule has 2 aromatic carbocycles. The summed E-state index contributed by atoms with van der Waals surface area (Å²) in [7, 11) is 0. The quantitative estimate of drug-likeness (QED) is 0.611. The molecular weight excluding hydrogens is 332 g/mol. The molecule has 0 aliphatic heterocycles. The van der Waals surface area contributed by atoms with E-state index in [2.05, 4.69) is 49.8 Å². The zero-order valence-electron chi connectivity index (χ0n) is 14.9. The summed E-state index contributed by atoms with van der Waals surface area (Å²) in [6.45, 7) is 6.22. The summed E-state index contributed by atoms with van der Waals surface area (Å²) in [4.78, 5) is 25.0. The van der Waals surface area contributed by atoms with Gasteiger partial charge >= 0.3 is 0 Å². The normalized spacial score (nSPS) is 10.4. The molecule has 0 aliphatic carbocycles. The summed E-state index contributed by atoms with van der Waals surface area (Å²) in [5.41, 5.74) is 9.13. The molecule has 4 nitrogen and oxygen atoms in total. The summed E-state index contributed by atoms with van der Waals surface area (Å²) in [6, 6.07) is 13.6. The summed E-state index contributed by atoms with van der Waals surface area (Å²) < 4.78 is 0. The number of aryl methyl sites for hydroxylation is 3. The van der Waals surface area contributed by atoms with Crippen molar-refractivity contribution >= 4 is 23.6 Å². The first kappa shape index (κ1) is 19.1. The van der Waals surface area contributed by atoms with Crippen molar-refractivity contribution in [1.29, 1.82) is 0 Å². The van der Waals surface area contributed by atoms with E-state index in [1.54, 1.807) is 23.9 Å². The number of thioether (sulfide) groups is 1. The van der Waals surface area contributed by atoms with Crippen LogP contribution in [0, 0.1) is 13.8 Å². The van der Waals surface area contributed by atoms with Crippen LogP contribution in [-0.4, -0.2) is 17.6 Å². The van der Waals surface area contributed by atoms with E-state index < -0.39 is 0 Å². The van der Waals surface area contributed by atoms with Crippen LogP contribution in [0.5, 0.6) is 0 Å². The van der Waals surface area contributed by atoms with Crippen LogP contribution in [0.1, 0.15) is 40.4 Å². The van der Waals surface area contributed by atoms with Crippen molar-refractivity contribution in [2.24, 2.45) is 0 Å². The molecule has 2 aromatic rings. The number of hydrogen-bond acceptors (Lipinski definition) is 3. The molecular formula is C20H24N2O2S. The zero-order chi connectivity index (χ0) is 18.2. The highest BCUT2D eigenvalue weighted by Crippen LogP contribution is 2.21. The molecule has 132 valence electrons. The molecule has 2 N–H and O–H groups in total. The smallest absolute Gasteiger partial charge is 0.269 e. The highest BCUT2D eigenvalue weighted by atomic mass is 32.2. The monoisotopic (exact) mass is 356 g/mol. The maximum Gasteiger partial charge on any atom is 0.269 e. The molecule has 0 saturated carbocycles. The van der Waals surface area contributed by atoms with Gasteiger partial charge in [-0.05, 0) is 61.2 Å². The number of hydrazine groups is 1. The summed E-state index contributed by atoms with van der Waals surface area (Å²) in [5.74, 6) is 0.155. The fourth-order valence-electron chi connectivity index (χ4n) is 2.22. The molecule has 2 rings (SSSR count). The lowest BCUT2D eigenvalue weighted by molar-refractivity contribution is -0.121. The fraction of sp³-hybridized carbons (Fsp3) is 0.300. The van der Waals surface area contributed by atoms with Crippen molar-refractivity contribution in [3.63, 3.8) is 0 Å². The molecule has 2 amide bonds. The van der Waals surface area contributed by atoms with Crippen LogP contribution < -0.4 is 10.9 Å². The van der Waals surface area contributed by atoms with E-state index in [4.69, 9.17) is 0 Å². The zero-order valence-corrected chi connectivity index (χ0v) is 15.7. The Kier molecular flexibility index (Phi) is 7.07. The number of amides is 2. The van der Waals surface area contributed by atoms with Gasteiger partial charge in [0.15, 0.2) is 0 Å². The van der Waals surface area contributed by atoms with Crippen LogP contribution in [0.2, 0.25) is 0 Å². The van der Waals surface area contributed by atoms with Gasteiger partial charge in [0, 0.05) is 22.6 Å². The third-order valence-corrected chi connectivity index (χ3v) is 5.01. The predicted molar refractivity (Wildman–Crippen MR) is 103 cm³/mol. The van der Waals surface area contributed by atoms with Crippen molar-refractivity contribution in [2.45, 2.75) is 38.5 Å². The van der Waals surface area contributed by atoms with Crippen molar-refractivity contribution in [1.82, 2.24) is 10.9 Å². The largest absolute Gasteiger partial charge is 0.273 e. The highest BCUT2D eigenvalue weighted by molar-refractivity contribution is 7.99. The minimum absolute atomic E-state index is 0.199. The lowest BCUT2D eigenvalue weighted by Crippen LogP contribution is -2.41. The molecule has 0 fully saturated rings. The molecule has 0 aromatic heterocycles. The standard InChI is InChI=1S/C20H24N2O2S/c1-4-16-6-8-17(9-7-16)20(24)22-21-19(23)11-12-25-18-10-5-14(2)15(3)13-18/h5-10,13H,4,11-12H2,1-3H3,(H,21,23)(H,22,24). The predicted octanol–water partition coefficient (Wildman–Crippen LogP) is 3.81. The molecule has 0 atom stereocenters. The summed E-state index contributed by atoms with van der Waals surface area (Å²) in [6.07, 6.45) is 1.27. The molecule has 0 heterocycles. The Labute approximate surface area is 153 Å². The van der Waals surface area contributed by atoms with Crippen molar-refractivity contribution < 1.29 is 9.59 Å². The second-order valence-corrected chi connectivity index (χ2v) is 7.07. The Balaban J connectivity index is 1.72. The third kappa shape index (κ3) is 5.94. The molecule has 0 spiro atoms. The molecule has 0 unspecified atom stereocenters. The second-order valence-electron chi connectivity index (χ2n) is 5.90. The number of carbonyl (C=O) groups excluding carboxylic acids is 2. The van der Waals surface area contributed by atoms with Crippen LogP contribution in [0.15, 0.2) is 47.4 Å². The number of hydrogen-bond donors (Lipinski definition) is 2. The summed E-state index contributed by atoms with van der Waals surface area (Å²) >= 11 is 1.63. The van der Waals surface area contributed by atoms with E-state index in [-0.39, 0.29) is 11.8 Å². The maximum atomic E-state index is 12.0. The van der Waals surface area contributed by atoms with Crippen LogP contribution in [0.4, 0.5) is 0 Å². The highest BCUT2D eigenvalue weighted by Gasteiger charge is 2.07. The first-order valence-electron chi connectivity index (χ1n) is 8.37. The number of benzene rings is 2. The Morgan fingerprint density at radius 3 is 2.32 bits per heavy atom.